The number of hydrazine groups is 1. The van der Waals surface area contributed by atoms with Crippen molar-refractivity contribution in [2.45, 2.75) is 31.7 Å². The molecule has 0 spiro atoms. The molecule has 102 valence electrons. The van der Waals surface area contributed by atoms with Crippen molar-refractivity contribution in [2.24, 2.45) is 0 Å². The Hall–Kier alpha value is -1.56. The van der Waals surface area contributed by atoms with Crippen LogP contribution in [0.3, 0.4) is 0 Å². The van der Waals surface area contributed by atoms with E-state index in [1.54, 1.807) is 30.2 Å². The van der Waals surface area contributed by atoms with Gasteiger partial charge in [-0.15, -0.1) is 0 Å². The Morgan fingerprint density at radius 1 is 1.32 bits per heavy atom. The number of carbonyl (C=O) groups excluding carboxylic acids is 1. The fourth-order valence-corrected chi connectivity index (χ4v) is 3.00. The maximum Gasteiger partial charge on any atom is 0.342 e. The molecule has 6 nitrogen and oxygen atoms in total. The summed E-state index contributed by atoms with van der Waals surface area (Å²) in [6.45, 7) is 0. The quantitative estimate of drug-likeness (QED) is 0.741. The monoisotopic (exact) mass is 281 g/mol. The second kappa shape index (κ2) is 4.52. The molecule has 7 heteroatoms. The Morgan fingerprint density at radius 3 is 2.68 bits per heavy atom. The molecule has 2 heterocycles. The number of aromatic nitrogens is 2. The lowest BCUT2D eigenvalue weighted by molar-refractivity contribution is 0.202. The fourth-order valence-electron chi connectivity index (χ4n) is 2.87. The minimum Gasteiger partial charge on any atom is -0.291 e. The Bertz CT molecular complexity index is 517. The molecule has 1 aliphatic heterocycles. The first-order valence-electron chi connectivity index (χ1n) is 6.42. The van der Waals surface area contributed by atoms with E-state index in [9.17, 15) is 4.79 Å². The molecule has 2 aliphatic rings. The predicted molar refractivity (Wildman–Crippen MR) is 73.3 cm³/mol. The molecular weight excluding hydrogens is 266 g/mol. The standard InChI is InChI=1S/C12H16ClN5O/c1-16-9-7-14-11(13)15-10(9)18(17(2)12(16)19)8-5-3-4-6-8/h7-8H,3-6H2,1-2H3. The second-order valence-corrected chi connectivity index (χ2v) is 5.33. The summed E-state index contributed by atoms with van der Waals surface area (Å²) >= 11 is 5.91. The van der Waals surface area contributed by atoms with E-state index in [1.807, 2.05) is 5.01 Å². The molecule has 1 aromatic rings. The normalized spacial score (nSPS) is 20.2. The van der Waals surface area contributed by atoms with Crippen LogP contribution in [0.2, 0.25) is 5.28 Å². The first kappa shape index (κ1) is 12.5. The zero-order valence-corrected chi connectivity index (χ0v) is 11.8. The van der Waals surface area contributed by atoms with Crippen LogP contribution in [0.25, 0.3) is 0 Å². The molecule has 2 amide bonds. The van der Waals surface area contributed by atoms with Gasteiger partial charge in [0.25, 0.3) is 0 Å². The van der Waals surface area contributed by atoms with Gasteiger partial charge < -0.3 is 0 Å². The summed E-state index contributed by atoms with van der Waals surface area (Å²) in [6, 6.07) is 0.234. The lowest BCUT2D eigenvalue weighted by atomic mass is 10.2. The number of urea groups is 1. The third kappa shape index (κ3) is 1.90. The minimum atomic E-state index is -0.0784. The van der Waals surface area contributed by atoms with Crippen LogP contribution in [-0.4, -0.2) is 41.1 Å². The summed E-state index contributed by atoms with van der Waals surface area (Å²) in [5, 5.41) is 3.80. The fraction of sp³-hybridized carbons (Fsp3) is 0.583. The number of nitrogens with zero attached hydrogens (tertiary/aromatic N) is 5. The second-order valence-electron chi connectivity index (χ2n) is 5.00. The van der Waals surface area contributed by atoms with Crippen molar-refractivity contribution in [3.63, 3.8) is 0 Å². The number of anilines is 2. The SMILES string of the molecule is CN1C(=O)N(C)N(C2CCCC2)c2nc(Cl)ncc21. The Morgan fingerprint density at radius 2 is 2.00 bits per heavy atom. The average Bonchev–Trinajstić information content (AvgIpc) is 2.90. The highest BCUT2D eigenvalue weighted by Gasteiger charge is 2.38. The third-order valence-electron chi connectivity index (χ3n) is 3.86. The molecule has 19 heavy (non-hydrogen) atoms. The molecule has 1 saturated carbocycles. The summed E-state index contributed by atoms with van der Waals surface area (Å²) in [5.41, 5.74) is 0.708. The molecule has 0 saturated heterocycles. The topological polar surface area (TPSA) is 52.6 Å². The molecule has 0 bridgehead atoms. The van der Waals surface area contributed by atoms with E-state index in [0.29, 0.717) is 11.7 Å². The highest BCUT2D eigenvalue weighted by atomic mass is 35.5. The van der Waals surface area contributed by atoms with Gasteiger partial charge in [-0.1, -0.05) is 12.8 Å². The number of fused-ring (bicyclic) bond motifs is 1. The number of halogens is 1. The van der Waals surface area contributed by atoms with E-state index in [-0.39, 0.29) is 11.3 Å². The van der Waals surface area contributed by atoms with Crippen LogP contribution < -0.4 is 9.91 Å². The van der Waals surface area contributed by atoms with Crippen molar-refractivity contribution in [3.8, 4) is 0 Å². The summed E-state index contributed by atoms with van der Waals surface area (Å²) in [7, 11) is 3.50. The molecule has 0 N–H and O–H groups in total. The first-order chi connectivity index (χ1) is 9.09. The highest BCUT2D eigenvalue weighted by molar-refractivity contribution is 6.28. The molecule has 0 radical (unpaired) electrons. The highest BCUT2D eigenvalue weighted by Crippen LogP contribution is 2.37. The van der Waals surface area contributed by atoms with Crippen molar-refractivity contribution in [2.75, 3.05) is 24.0 Å². The van der Waals surface area contributed by atoms with E-state index in [2.05, 4.69) is 9.97 Å². The van der Waals surface area contributed by atoms with Gasteiger partial charge in [0.15, 0.2) is 5.82 Å². The Kier molecular flexibility index (Phi) is 2.97. The maximum absolute atomic E-state index is 12.3. The third-order valence-corrected chi connectivity index (χ3v) is 4.04. The summed E-state index contributed by atoms with van der Waals surface area (Å²) in [4.78, 5) is 22.1. The van der Waals surface area contributed by atoms with Crippen LogP contribution in [-0.2, 0) is 0 Å². The van der Waals surface area contributed by atoms with Gasteiger partial charge in [0.05, 0.1) is 12.2 Å². The van der Waals surface area contributed by atoms with Crippen molar-refractivity contribution in [1.29, 1.82) is 0 Å². The molecule has 0 atom stereocenters. The van der Waals surface area contributed by atoms with Crippen LogP contribution in [0, 0.1) is 0 Å². The van der Waals surface area contributed by atoms with Gasteiger partial charge in [0.2, 0.25) is 5.28 Å². The maximum atomic E-state index is 12.3. The van der Waals surface area contributed by atoms with Crippen LogP contribution >= 0.6 is 11.6 Å². The van der Waals surface area contributed by atoms with Crippen molar-refractivity contribution < 1.29 is 4.79 Å². The van der Waals surface area contributed by atoms with Gasteiger partial charge in [-0.25, -0.2) is 14.8 Å². The van der Waals surface area contributed by atoms with Gasteiger partial charge in [0.1, 0.15) is 5.69 Å². The van der Waals surface area contributed by atoms with E-state index in [1.165, 1.54) is 12.8 Å². The molecular formula is C12H16ClN5O. The van der Waals surface area contributed by atoms with E-state index >= 15 is 0 Å². The van der Waals surface area contributed by atoms with Crippen molar-refractivity contribution >= 4 is 29.1 Å². The van der Waals surface area contributed by atoms with Crippen LogP contribution in [0.4, 0.5) is 16.3 Å². The number of hydrogen-bond donors (Lipinski definition) is 0. The molecule has 1 aliphatic carbocycles. The molecule has 0 unspecified atom stereocenters. The minimum absolute atomic E-state index is 0.0784. The molecule has 3 rings (SSSR count). The smallest absolute Gasteiger partial charge is 0.291 e. The van der Waals surface area contributed by atoms with Crippen LogP contribution in [0.5, 0.6) is 0 Å². The first-order valence-corrected chi connectivity index (χ1v) is 6.80. The van der Waals surface area contributed by atoms with Gasteiger partial charge in [-0.2, -0.15) is 4.98 Å². The number of hydrogen-bond acceptors (Lipinski definition) is 4. The number of rotatable bonds is 1. The van der Waals surface area contributed by atoms with E-state index in [4.69, 9.17) is 11.6 Å². The summed E-state index contributed by atoms with van der Waals surface area (Å²) in [5.74, 6) is 0.719. The van der Waals surface area contributed by atoms with Crippen LogP contribution in [0.1, 0.15) is 25.7 Å². The predicted octanol–water partition coefficient (Wildman–Crippen LogP) is 2.30. The lowest BCUT2D eigenvalue weighted by Gasteiger charge is -2.44. The van der Waals surface area contributed by atoms with Crippen molar-refractivity contribution in [1.82, 2.24) is 15.0 Å². The van der Waals surface area contributed by atoms with Gasteiger partial charge in [0, 0.05) is 14.1 Å². The average molecular weight is 282 g/mol. The van der Waals surface area contributed by atoms with E-state index < -0.39 is 0 Å². The largest absolute Gasteiger partial charge is 0.342 e. The number of carbonyl (C=O) groups is 1. The Balaban J connectivity index is 2.10. The van der Waals surface area contributed by atoms with Gasteiger partial charge >= 0.3 is 6.03 Å². The van der Waals surface area contributed by atoms with Gasteiger partial charge in [-0.3, -0.25) is 9.91 Å². The molecule has 1 aromatic heterocycles. The summed E-state index contributed by atoms with van der Waals surface area (Å²) in [6.07, 6.45) is 6.13. The lowest BCUT2D eigenvalue weighted by Crippen LogP contribution is -2.57. The Labute approximate surface area is 116 Å². The van der Waals surface area contributed by atoms with E-state index in [0.717, 1.165) is 18.7 Å². The van der Waals surface area contributed by atoms with Crippen molar-refractivity contribution in [3.05, 3.63) is 11.5 Å². The molecule has 0 aromatic carbocycles. The number of amides is 2. The van der Waals surface area contributed by atoms with Crippen LogP contribution in [0.15, 0.2) is 6.20 Å². The van der Waals surface area contributed by atoms with Gasteiger partial charge in [-0.05, 0) is 24.4 Å². The zero-order valence-electron chi connectivity index (χ0n) is 11.0. The summed E-state index contributed by atoms with van der Waals surface area (Å²) < 4.78 is 0. The molecule has 1 fully saturated rings. The zero-order chi connectivity index (χ0) is 13.6.